The van der Waals surface area contributed by atoms with Crippen LogP contribution in [0.1, 0.15) is 21.5 Å². The van der Waals surface area contributed by atoms with Crippen molar-refractivity contribution in [3.8, 4) is 0 Å². The van der Waals surface area contributed by atoms with Crippen molar-refractivity contribution in [1.29, 1.82) is 10.9 Å². The number of hydrogen-bond acceptors (Lipinski definition) is 4. The van der Waals surface area contributed by atoms with E-state index >= 15 is 0 Å². The summed E-state index contributed by atoms with van der Waals surface area (Å²) in [7, 11) is 1.00. The zero-order chi connectivity index (χ0) is 17.5. The van der Waals surface area contributed by atoms with Gasteiger partial charge in [0.1, 0.15) is 6.29 Å². The highest BCUT2D eigenvalue weighted by atomic mass is 16.2. The van der Waals surface area contributed by atoms with E-state index in [0.717, 1.165) is 29.9 Å². The Morgan fingerprint density at radius 3 is 2.50 bits per heavy atom. The van der Waals surface area contributed by atoms with Crippen LogP contribution in [0.25, 0.3) is 10.9 Å². The minimum Gasteiger partial charge on any atom is -0.400 e. The molecular weight excluding hydrogens is 304 g/mol. The van der Waals surface area contributed by atoms with Crippen LogP contribution in [0.4, 0.5) is 0 Å². The number of rotatable bonds is 4. The first-order valence-electron chi connectivity index (χ1n) is 7.25. The van der Waals surface area contributed by atoms with E-state index in [0.29, 0.717) is 17.7 Å². The zero-order valence-corrected chi connectivity index (χ0v) is 13.2. The second-order valence-electron chi connectivity index (χ2n) is 5.04. The van der Waals surface area contributed by atoms with Crippen LogP contribution >= 0.6 is 0 Å². The third-order valence-corrected chi connectivity index (χ3v) is 3.62. The van der Waals surface area contributed by atoms with Gasteiger partial charge in [0.2, 0.25) is 0 Å². The molecule has 1 aromatic heterocycles. The largest absolute Gasteiger partial charge is 0.400 e. The van der Waals surface area contributed by atoms with Crippen molar-refractivity contribution in [1.82, 2.24) is 4.57 Å². The molecule has 0 radical (unpaired) electrons. The Hall–Kier alpha value is -3.12. The number of aldehydes is 1. The Morgan fingerprint density at radius 2 is 1.88 bits per heavy atom. The van der Waals surface area contributed by atoms with Crippen molar-refractivity contribution >= 4 is 23.0 Å². The molecule has 3 N–H and O–H groups in total. The van der Waals surface area contributed by atoms with E-state index in [4.69, 9.17) is 16.0 Å². The molecule has 0 atom stereocenters. The summed E-state index contributed by atoms with van der Waals surface area (Å²) in [6, 6.07) is 15.1. The molecule has 1 heterocycles. The molecule has 0 spiro atoms. The Morgan fingerprint density at radius 1 is 1.17 bits per heavy atom. The van der Waals surface area contributed by atoms with Crippen LogP contribution in [0.3, 0.4) is 0 Å². The number of carbonyl (C=O) groups is 1. The standard InChI is InChI=1S/C17H14N4O.CH4O/c18-17(20-19)15-5-6-16-14(9-15)7-8-21(16)10-12-1-3-13(11-22)4-2-12;1-2/h1-9,11,18-19H,10H2;2H,1H3. The van der Waals surface area contributed by atoms with Gasteiger partial charge in [-0.3, -0.25) is 10.2 Å². The van der Waals surface area contributed by atoms with Gasteiger partial charge in [-0.05, 0) is 29.8 Å². The number of aromatic nitrogens is 1. The van der Waals surface area contributed by atoms with Crippen molar-refractivity contribution in [2.45, 2.75) is 6.54 Å². The van der Waals surface area contributed by atoms with Crippen molar-refractivity contribution in [3.63, 3.8) is 0 Å². The molecule has 0 aliphatic rings. The summed E-state index contributed by atoms with van der Waals surface area (Å²) in [5, 5.41) is 18.8. The smallest absolute Gasteiger partial charge is 0.173 e. The molecule has 122 valence electrons. The highest BCUT2D eigenvalue weighted by Gasteiger charge is 2.06. The lowest BCUT2D eigenvalue weighted by atomic mass is 10.1. The molecule has 3 aromatic rings. The molecule has 6 heteroatoms. The van der Waals surface area contributed by atoms with Crippen molar-refractivity contribution in [2.75, 3.05) is 7.11 Å². The van der Waals surface area contributed by atoms with Gasteiger partial charge < -0.3 is 9.67 Å². The quantitative estimate of drug-likeness (QED) is 0.296. The van der Waals surface area contributed by atoms with Crippen molar-refractivity contribution in [2.24, 2.45) is 5.11 Å². The first-order valence-corrected chi connectivity index (χ1v) is 7.25. The van der Waals surface area contributed by atoms with Gasteiger partial charge in [-0.25, -0.2) is 5.53 Å². The van der Waals surface area contributed by atoms with Gasteiger partial charge in [-0.1, -0.05) is 24.3 Å². The minimum absolute atomic E-state index is 0.0425. The van der Waals surface area contributed by atoms with Crippen LogP contribution < -0.4 is 0 Å². The first kappa shape index (κ1) is 17.2. The van der Waals surface area contributed by atoms with E-state index in [2.05, 4.69) is 9.68 Å². The van der Waals surface area contributed by atoms with Crippen molar-refractivity contribution < 1.29 is 9.90 Å². The summed E-state index contributed by atoms with van der Waals surface area (Å²) >= 11 is 0. The molecule has 2 aromatic carbocycles. The van der Waals surface area contributed by atoms with E-state index in [-0.39, 0.29) is 5.84 Å². The SMILES string of the molecule is CO.N=NC(=N)c1ccc2c(ccn2Cc2ccc(C=O)cc2)c1. The number of carbonyl (C=O) groups excluding carboxylic acids is 1. The van der Waals surface area contributed by atoms with Gasteiger partial charge in [0, 0.05) is 41.9 Å². The maximum atomic E-state index is 10.7. The zero-order valence-electron chi connectivity index (χ0n) is 13.2. The number of nitrogens with zero attached hydrogens (tertiary/aromatic N) is 2. The third kappa shape index (κ3) is 3.61. The molecule has 6 nitrogen and oxygen atoms in total. The lowest BCUT2D eigenvalue weighted by Crippen LogP contribution is -1.98. The van der Waals surface area contributed by atoms with Gasteiger partial charge in [0.25, 0.3) is 0 Å². The van der Waals surface area contributed by atoms with Crippen LogP contribution in [-0.2, 0) is 6.54 Å². The van der Waals surface area contributed by atoms with Gasteiger partial charge in [0.15, 0.2) is 5.84 Å². The lowest BCUT2D eigenvalue weighted by molar-refractivity contribution is 0.112. The maximum Gasteiger partial charge on any atom is 0.173 e. The van der Waals surface area contributed by atoms with E-state index in [9.17, 15) is 4.79 Å². The van der Waals surface area contributed by atoms with E-state index in [1.54, 1.807) is 6.07 Å². The molecular formula is C18H18N4O2. The Bertz CT molecular complexity index is 866. The summed E-state index contributed by atoms with van der Waals surface area (Å²) in [5.41, 5.74) is 10.4. The first-order chi connectivity index (χ1) is 11.7. The normalized spacial score (nSPS) is 9.92. The number of nitrogens with one attached hydrogen (secondary N) is 2. The highest BCUT2D eigenvalue weighted by Crippen LogP contribution is 2.19. The second kappa shape index (κ2) is 7.94. The molecule has 3 rings (SSSR count). The molecule has 0 fully saturated rings. The summed E-state index contributed by atoms with van der Waals surface area (Å²) in [5.74, 6) is -0.0425. The Kier molecular flexibility index (Phi) is 5.70. The predicted molar refractivity (Wildman–Crippen MR) is 93.0 cm³/mol. The molecule has 0 unspecified atom stereocenters. The summed E-state index contributed by atoms with van der Waals surface area (Å²) < 4.78 is 2.11. The second-order valence-corrected chi connectivity index (χ2v) is 5.04. The van der Waals surface area contributed by atoms with Crippen LogP contribution in [0, 0.1) is 10.9 Å². The molecule has 0 saturated carbocycles. The minimum atomic E-state index is -0.0425. The van der Waals surface area contributed by atoms with Gasteiger partial charge in [0.05, 0.1) is 0 Å². The van der Waals surface area contributed by atoms with Crippen LogP contribution in [0.15, 0.2) is 59.8 Å². The van der Waals surface area contributed by atoms with E-state index in [1.807, 2.05) is 48.7 Å². The summed E-state index contributed by atoms with van der Waals surface area (Å²) in [6.45, 7) is 0.711. The monoisotopic (exact) mass is 322 g/mol. The fraction of sp³-hybridized carbons (Fsp3) is 0.111. The number of amidine groups is 1. The lowest BCUT2D eigenvalue weighted by Gasteiger charge is -2.06. The van der Waals surface area contributed by atoms with Crippen LogP contribution in [0.5, 0.6) is 0 Å². The van der Waals surface area contributed by atoms with Crippen LogP contribution in [0.2, 0.25) is 0 Å². The van der Waals surface area contributed by atoms with Crippen LogP contribution in [-0.4, -0.2) is 28.9 Å². The predicted octanol–water partition coefficient (Wildman–Crippen LogP) is 3.47. The average Bonchev–Trinajstić information content (AvgIpc) is 3.05. The van der Waals surface area contributed by atoms with Crippen molar-refractivity contribution in [3.05, 3.63) is 71.4 Å². The molecule has 0 bridgehead atoms. The third-order valence-electron chi connectivity index (χ3n) is 3.62. The summed E-state index contributed by atoms with van der Waals surface area (Å²) in [4.78, 5) is 10.7. The Labute approximate surface area is 139 Å². The van der Waals surface area contributed by atoms with E-state index < -0.39 is 0 Å². The number of hydrogen-bond donors (Lipinski definition) is 3. The highest BCUT2D eigenvalue weighted by molar-refractivity contribution is 5.99. The molecule has 24 heavy (non-hydrogen) atoms. The topological polar surface area (TPSA) is 102 Å². The Balaban J connectivity index is 0.00000100. The molecule has 0 amide bonds. The van der Waals surface area contributed by atoms with Gasteiger partial charge >= 0.3 is 0 Å². The molecule has 0 aliphatic carbocycles. The number of benzene rings is 2. The fourth-order valence-corrected chi connectivity index (χ4v) is 2.45. The van der Waals surface area contributed by atoms with E-state index in [1.165, 1.54) is 0 Å². The number of aliphatic hydroxyl groups is 1. The average molecular weight is 322 g/mol. The van der Waals surface area contributed by atoms with Gasteiger partial charge in [-0.15, -0.1) is 5.11 Å². The maximum absolute atomic E-state index is 10.7. The fourth-order valence-electron chi connectivity index (χ4n) is 2.45. The van der Waals surface area contributed by atoms with Gasteiger partial charge in [-0.2, -0.15) is 0 Å². The summed E-state index contributed by atoms with van der Waals surface area (Å²) in [6.07, 6.45) is 2.83. The number of fused-ring (bicyclic) bond motifs is 1. The number of aliphatic hydroxyl groups excluding tert-OH is 1. The molecule has 0 aliphatic heterocycles. The molecule has 0 saturated heterocycles.